The molecule has 2 heterocycles. The number of thiazole rings is 1. The number of amides is 1. The Kier molecular flexibility index (Phi) is 5.03. The van der Waals surface area contributed by atoms with Crippen molar-refractivity contribution in [2.75, 3.05) is 5.32 Å². The lowest BCUT2D eigenvalue weighted by Crippen LogP contribution is -2.48. The molecule has 142 valence electrons. The highest BCUT2D eigenvalue weighted by atomic mass is 79.9. The van der Waals surface area contributed by atoms with Crippen molar-refractivity contribution in [3.05, 3.63) is 80.8 Å². The Balaban J connectivity index is 1.46. The van der Waals surface area contributed by atoms with Crippen LogP contribution in [0.25, 0.3) is 0 Å². The summed E-state index contributed by atoms with van der Waals surface area (Å²) in [6, 6.07) is 15.3. The Morgan fingerprint density at radius 3 is 2.79 bits per heavy atom. The van der Waals surface area contributed by atoms with E-state index in [0.29, 0.717) is 17.1 Å². The molecule has 5 nitrogen and oxygen atoms in total. The molecule has 1 N–H and O–H groups in total. The lowest BCUT2D eigenvalue weighted by Gasteiger charge is -2.32. The number of nitrogens with one attached hydrogen (secondary N) is 1. The number of benzene rings is 2. The van der Waals surface area contributed by atoms with Gasteiger partial charge in [0.2, 0.25) is 0 Å². The largest absolute Gasteiger partial charge is 0.445 e. The number of hydrogen-bond donors (Lipinski definition) is 1. The summed E-state index contributed by atoms with van der Waals surface area (Å²) in [4.78, 5) is 30.4. The zero-order valence-electron chi connectivity index (χ0n) is 15.1. The summed E-state index contributed by atoms with van der Waals surface area (Å²) in [7, 11) is 0. The van der Waals surface area contributed by atoms with Crippen LogP contribution in [0.15, 0.2) is 59.2 Å². The van der Waals surface area contributed by atoms with E-state index in [0.717, 1.165) is 26.9 Å². The molecule has 1 aromatic heterocycles. The maximum Gasteiger partial charge on any atom is 0.339 e. The highest BCUT2D eigenvalue weighted by Crippen LogP contribution is 2.30. The van der Waals surface area contributed by atoms with Gasteiger partial charge in [-0.05, 0) is 36.2 Å². The molecule has 4 rings (SSSR count). The minimum absolute atomic E-state index is 0.331. The van der Waals surface area contributed by atoms with Crippen LogP contribution in [0.1, 0.15) is 33.3 Å². The summed E-state index contributed by atoms with van der Waals surface area (Å²) in [5, 5.41) is 3.30. The minimum atomic E-state index is -1.26. The van der Waals surface area contributed by atoms with Gasteiger partial charge in [0.15, 0.2) is 10.7 Å². The molecule has 7 heteroatoms. The number of carbonyl (C=O) groups excluding carboxylic acids is 2. The van der Waals surface area contributed by atoms with Crippen LogP contribution in [-0.4, -0.2) is 22.5 Å². The van der Waals surface area contributed by atoms with Crippen LogP contribution in [0, 0.1) is 0 Å². The highest BCUT2D eigenvalue weighted by molar-refractivity contribution is 9.10. The molecule has 0 unspecified atom stereocenters. The van der Waals surface area contributed by atoms with E-state index in [2.05, 4.69) is 26.2 Å². The number of halogens is 1. The maximum absolute atomic E-state index is 12.8. The van der Waals surface area contributed by atoms with Crippen molar-refractivity contribution in [3.8, 4) is 0 Å². The molecule has 0 radical (unpaired) electrons. The normalized spacial score (nSPS) is 18.3. The molecular weight excluding hydrogens is 440 g/mol. The van der Waals surface area contributed by atoms with Crippen molar-refractivity contribution in [1.82, 2.24) is 4.98 Å². The third-order valence-electron chi connectivity index (χ3n) is 4.63. The lowest BCUT2D eigenvalue weighted by molar-refractivity contribution is -0.134. The van der Waals surface area contributed by atoms with Gasteiger partial charge in [-0.1, -0.05) is 46.3 Å². The Labute approximate surface area is 174 Å². The fraction of sp³-hybridized carbons (Fsp3) is 0.190. The average molecular weight is 457 g/mol. The highest BCUT2D eigenvalue weighted by Gasteiger charge is 2.42. The van der Waals surface area contributed by atoms with Gasteiger partial charge in [0.1, 0.15) is 0 Å². The Hall–Kier alpha value is -2.51. The van der Waals surface area contributed by atoms with Crippen molar-refractivity contribution in [1.29, 1.82) is 0 Å². The number of ether oxygens (including phenoxy) is 1. The van der Waals surface area contributed by atoms with E-state index in [4.69, 9.17) is 4.74 Å². The Morgan fingerprint density at radius 1 is 1.25 bits per heavy atom. The maximum atomic E-state index is 12.8. The van der Waals surface area contributed by atoms with Crippen molar-refractivity contribution in [3.63, 3.8) is 0 Å². The molecule has 0 saturated carbocycles. The van der Waals surface area contributed by atoms with Gasteiger partial charge in [0.25, 0.3) is 5.91 Å². The van der Waals surface area contributed by atoms with Gasteiger partial charge in [0.05, 0.1) is 5.56 Å². The summed E-state index contributed by atoms with van der Waals surface area (Å²) >= 11 is 4.84. The Morgan fingerprint density at radius 2 is 2.00 bits per heavy atom. The van der Waals surface area contributed by atoms with Crippen LogP contribution in [0.4, 0.5) is 5.13 Å². The smallest absolute Gasteiger partial charge is 0.339 e. The van der Waals surface area contributed by atoms with E-state index in [1.54, 1.807) is 25.3 Å². The van der Waals surface area contributed by atoms with Gasteiger partial charge >= 0.3 is 5.97 Å². The van der Waals surface area contributed by atoms with Gasteiger partial charge in [0, 0.05) is 28.4 Å². The van der Waals surface area contributed by atoms with Gasteiger partial charge in [-0.25, -0.2) is 9.78 Å². The van der Waals surface area contributed by atoms with Crippen LogP contribution < -0.4 is 5.32 Å². The number of nitrogens with zero attached hydrogens (tertiary/aromatic N) is 1. The topological polar surface area (TPSA) is 68.3 Å². The summed E-state index contributed by atoms with van der Waals surface area (Å²) in [5.41, 5.74) is 1.22. The first-order valence-corrected chi connectivity index (χ1v) is 10.4. The van der Waals surface area contributed by atoms with E-state index < -0.39 is 11.6 Å². The molecule has 3 aromatic rings. The van der Waals surface area contributed by atoms with Gasteiger partial charge in [-0.2, -0.15) is 0 Å². The van der Waals surface area contributed by atoms with E-state index in [-0.39, 0.29) is 5.91 Å². The molecule has 1 aliphatic heterocycles. The van der Waals surface area contributed by atoms with Gasteiger partial charge in [-0.15, -0.1) is 11.3 Å². The number of rotatable bonds is 4. The standard InChI is InChI=1S/C21H17BrN2O3S/c1-21(11-14-4-2-3-5-17(14)18(25)27-21)19(26)24-20-23-12-16(28-20)10-13-6-8-15(22)9-7-13/h2-9,12H,10-11H2,1H3,(H,23,24,26)/t21-/m1/s1. The third-order valence-corrected chi connectivity index (χ3v) is 6.07. The second-order valence-electron chi connectivity index (χ2n) is 6.84. The van der Waals surface area contributed by atoms with E-state index in [1.807, 2.05) is 36.4 Å². The average Bonchev–Trinajstić information content (AvgIpc) is 3.10. The van der Waals surface area contributed by atoms with Crippen LogP contribution in [-0.2, 0) is 22.4 Å². The molecule has 0 spiro atoms. The molecule has 0 fully saturated rings. The monoisotopic (exact) mass is 456 g/mol. The first kappa shape index (κ1) is 18.8. The zero-order chi connectivity index (χ0) is 19.7. The number of hydrogen-bond acceptors (Lipinski definition) is 5. The SMILES string of the molecule is C[C@]1(C(=O)Nc2ncc(Cc3ccc(Br)cc3)s2)Cc2ccccc2C(=O)O1. The second kappa shape index (κ2) is 7.48. The van der Waals surface area contributed by atoms with Crippen molar-refractivity contribution >= 4 is 44.3 Å². The van der Waals surface area contributed by atoms with E-state index in [9.17, 15) is 9.59 Å². The van der Waals surface area contributed by atoms with Crippen molar-refractivity contribution in [2.45, 2.75) is 25.4 Å². The number of carbonyl (C=O) groups is 2. The van der Waals surface area contributed by atoms with Crippen LogP contribution in [0.5, 0.6) is 0 Å². The number of aromatic nitrogens is 1. The van der Waals surface area contributed by atoms with E-state index in [1.165, 1.54) is 11.3 Å². The van der Waals surface area contributed by atoms with Crippen molar-refractivity contribution < 1.29 is 14.3 Å². The molecule has 1 amide bonds. The fourth-order valence-corrected chi connectivity index (χ4v) is 4.25. The molecule has 28 heavy (non-hydrogen) atoms. The predicted octanol–water partition coefficient (Wildman–Crippen LogP) is 4.61. The summed E-state index contributed by atoms with van der Waals surface area (Å²) in [5.74, 6) is -0.852. The fourth-order valence-electron chi connectivity index (χ4n) is 3.14. The molecule has 1 atom stereocenters. The van der Waals surface area contributed by atoms with Gasteiger partial charge < -0.3 is 4.74 Å². The number of fused-ring (bicyclic) bond motifs is 1. The summed E-state index contributed by atoms with van der Waals surface area (Å²) < 4.78 is 6.50. The van der Waals surface area contributed by atoms with Gasteiger partial charge in [-0.3, -0.25) is 10.1 Å². The van der Waals surface area contributed by atoms with Crippen LogP contribution >= 0.6 is 27.3 Å². The Bertz CT molecular complexity index is 1050. The molecule has 1 aliphatic rings. The lowest BCUT2D eigenvalue weighted by atomic mass is 9.89. The molecule has 0 bridgehead atoms. The third kappa shape index (κ3) is 3.86. The molecule has 0 aliphatic carbocycles. The molecule has 2 aromatic carbocycles. The quantitative estimate of drug-likeness (QED) is 0.582. The number of esters is 1. The van der Waals surface area contributed by atoms with Crippen molar-refractivity contribution in [2.24, 2.45) is 0 Å². The first-order chi connectivity index (χ1) is 13.4. The minimum Gasteiger partial charge on any atom is -0.445 e. The van der Waals surface area contributed by atoms with Crippen LogP contribution in [0.3, 0.4) is 0 Å². The van der Waals surface area contributed by atoms with E-state index >= 15 is 0 Å². The molecule has 0 saturated heterocycles. The zero-order valence-corrected chi connectivity index (χ0v) is 17.5. The van der Waals surface area contributed by atoms with Crippen LogP contribution in [0.2, 0.25) is 0 Å². The first-order valence-electron chi connectivity index (χ1n) is 8.75. The number of anilines is 1. The summed E-state index contributed by atoms with van der Waals surface area (Å²) in [6.07, 6.45) is 2.82. The molecular formula is C21H17BrN2O3S. The number of cyclic esters (lactones) is 1. The second-order valence-corrected chi connectivity index (χ2v) is 8.87. The summed E-state index contributed by atoms with van der Waals surface area (Å²) in [6.45, 7) is 1.63. The predicted molar refractivity (Wildman–Crippen MR) is 112 cm³/mol.